The molecule has 1 aromatic rings. The molecule has 0 saturated carbocycles. The highest BCUT2D eigenvalue weighted by atomic mass is 35.5. The highest BCUT2D eigenvalue weighted by Gasteiger charge is 1.86. The van der Waals surface area contributed by atoms with Crippen molar-refractivity contribution in [2.75, 3.05) is 0 Å². The number of hydrogen-bond acceptors (Lipinski definition) is 1. The summed E-state index contributed by atoms with van der Waals surface area (Å²) in [6, 6.07) is 7.92. The Bertz CT molecular complexity index is 252. The van der Waals surface area contributed by atoms with Crippen LogP contribution in [-0.4, -0.2) is 5.91 Å². The molecule has 0 bridgehead atoms. The maximum atomic E-state index is 9.22. The summed E-state index contributed by atoms with van der Waals surface area (Å²) in [6.45, 7) is 3.43. The van der Waals surface area contributed by atoms with Crippen molar-refractivity contribution < 1.29 is 4.79 Å². The van der Waals surface area contributed by atoms with Crippen molar-refractivity contribution in [1.82, 2.24) is 0 Å². The molecule has 1 aromatic carbocycles. The lowest BCUT2D eigenvalue weighted by Crippen LogP contribution is -2.01. The summed E-state index contributed by atoms with van der Waals surface area (Å²) in [5.74, 6) is -0.333. The molecule has 72 valence electrons. The van der Waals surface area contributed by atoms with Gasteiger partial charge in [-0.05, 0) is 24.1 Å². The van der Waals surface area contributed by atoms with Crippen molar-refractivity contribution in [1.29, 1.82) is 0 Å². The van der Waals surface area contributed by atoms with Crippen molar-refractivity contribution in [2.45, 2.75) is 20.3 Å². The molecule has 2 nitrogen and oxygen atoms in total. The first kappa shape index (κ1) is 12.0. The molecule has 0 unspecified atom stereocenters. The number of amides is 1. The number of hydrogen-bond donors (Lipinski definition) is 1. The van der Waals surface area contributed by atoms with E-state index in [9.17, 15) is 4.79 Å². The molecule has 0 saturated heterocycles. The summed E-state index contributed by atoms with van der Waals surface area (Å²) in [4.78, 5) is 9.22. The molecule has 0 aliphatic rings. The van der Waals surface area contributed by atoms with E-state index in [1.165, 1.54) is 12.5 Å². The monoisotopic (exact) mass is 199 g/mol. The van der Waals surface area contributed by atoms with Crippen molar-refractivity contribution in [3.05, 3.63) is 34.9 Å². The molecule has 0 radical (unpaired) electrons. The van der Waals surface area contributed by atoms with E-state index in [-0.39, 0.29) is 5.91 Å². The third kappa shape index (κ3) is 7.34. The van der Waals surface area contributed by atoms with Gasteiger partial charge in [-0.1, -0.05) is 30.7 Å². The molecule has 2 N–H and O–H groups in total. The van der Waals surface area contributed by atoms with Crippen LogP contribution in [0.5, 0.6) is 0 Å². The van der Waals surface area contributed by atoms with Gasteiger partial charge in [0.15, 0.2) is 0 Å². The van der Waals surface area contributed by atoms with E-state index in [0.717, 1.165) is 11.4 Å². The number of carbonyl (C=O) groups is 1. The number of nitrogens with two attached hydrogens (primary N) is 1. The first-order valence-electron chi connectivity index (χ1n) is 4.06. The molecular formula is C10H14ClNO. The molecule has 13 heavy (non-hydrogen) atoms. The Labute approximate surface area is 83.7 Å². The van der Waals surface area contributed by atoms with Crippen LogP contribution in [0.2, 0.25) is 5.02 Å². The standard InChI is InChI=1S/C8H9Cl.C2H5NO/c1-2-7-3-5-8(9)6-4-7;1-2(3)4/h3-6H,2H2,1H3;1H3,(H2,3,4). The van der Waals surface area contributed by atoms with Crippen LogP contribution in [-0.2, 0) is 11.2 Å². The minimum atomic E-state index is -0.333. The summed E-state index contributed by atoms with van der Waals surface area (Å²) < 4.78 is 0. The average molecular weight is 200 g/mol. The lowest BCUT2D eigenvalue weighted by molar-refractivity contribution is -0.115. The molecule has 0 aliphatic carbocycles. The zero-order valence-electron chi connectivity index (χ0n) is 7.88. The van der Waals surface area contributed by atoms with Crippen LogP contribution in [0.3, 0.4) is 0 Å². The van der Waals surface area contributed by atoms with Gasteiger partial charge >= 0.3 is 0 Å². The van der Waals surface area contributed by atoms with E-state index < -0.39 is 0 Å². The number of halogens is 1. The molecule has 1 amide bonds. The molecule has 0 aromatic heterocycles. The van der Waals surface area contributed by atoms with E-state index in [2.05, 4.69) is 12.7 Å². The third-order valence-electron chi connectivity index (χ3n) is 1.32. The van der Waals surface area contributed by atoms with Gasteiger partial charge in [0.2, 0.25) is 5.91 Å². The van der Waals surface area contributed by atoms with Crippen molar-refractivity contribution in [3.63, 3.8) is 0 Å². The van der Waals surface area contributed by atoms with Gasteiger partial charge in [0.05, 0.1) is 0 Å². The average Bonchev–Trinajstić information content (AvgIpc) is 2.05. The van der Waals surface area contributed by atoms with E-state index in [1.54, 1.807) is 0 Å². The van der Waals surface area contributed by atoms with Crippen LogP contribution in [0.4, 0.5) is 0 Å². The molecule has 0 spiro atoms. The Morgan fingerprint density at radius 3 is 2.08 bits per heavy atom. The maximum absolute atomic E-state index is 9.22. The Morgan fingerprint density at radius 1 is 1.38 bits per heavy atom. The van der Waals surface area contributed by atoms with E-state index in [4.69, 9.17) is 11.6 Å². The Morgan fingerprint density at radius 2 is 1.77 bits per heavy atom. The number of rotatable bonds is 1. The number of aryl methyl sites for hydroxylation is 1. The number of benzene rings is 1. The fourth-order valence-corrected chi connectivity index (χ4v) is 0.846. The first-order valence-corrected chi connectivity index (χ1v) is 4.44. The fraction of sp³-hybridized carbons (Fsp3) is 0.300. The molecule has 1 rings (SSSR count). The Hall–Kier alpha value is -1.02. The second-order valence-corrected chi connectivity index (χ2v) is 3.03. The highest BCUT2D eigenvalue weighted by molar-refractivity contribution is 6.30. The Balaban J connectivity index is 0.000000310. The van der Waals surface area contributed by atoms with Crippen LogP contribution < -0.4 is 5.73 Å². The summed E-state index contributed by atoms with van der Waals surface area (Å²) in [5, 5.41) is 0.812. The van der Waals surface area contributed by atoms with Gasteiger partial charge in [-0.15, -0.1) is 0 Å². The smallest absolute Gasteiger partial charge is 0.214 e. The highest BCUT2D eigenvalue weighted by Crippen LogP contribution is 2.09. The molecule has 0 atom stereocenters. The lowest BCUT2D eigenvalue weighted by Gasteiger charge is -1.93. The summed E-state index contributed by atoms with van der Waals surface area (Å²) in [5.41, 5.74) is 5.80. The van der Waals surface area contributed by atoms with E-state index in [0.29, 0.717) is 0 Å². The van der Waals surface area contributed by atoms with Gasteiger partial charge in [-0.2, -0.15) is 0 Å². The number of carbonyl (C=O) groups excluding carboxylic acids is 1. The van der Waals surface area contributed by atoms with Crippen molar-refractivity contribution >= 4 is 17.5 Å². The minimum Gasteiger partial charge on any atom is -0.370 e. The minimum absolute atomic E-state index is 0.333. The zero-order valence-corrected chi connectivity index (χ0v) is 8.64. The number of primary amides is 1. The second-order valence-electron chi connectivity index (χ2n) is 2.59. The van der Waals surface area contributed by atoms with Crippen molar-refractivity contribution in [3.8, 4) is 0 Å². The predicted octanol–water partition coefficient (Wildman–Crippen LogP) is 2.39. The topological polar surface area (TPSA) is 43.1 Å². The second kappa shape index (κ2) is 6.49. The molecular weight excluding hydrogens is 186 g/mol. The molecule has 3 heteroatoms. The summed E-state index contributed by atoms with van der Waals surface area (Å²) in [6.07, 6.45) is 1.08. The van der Waals surface area contributed by atoms with Gasteiger partial charge in [-0.25, -0.2) is 0 Å². The quantitative estimate of drug-likeness (QED) is 0.742. The maximum Gasteiger partial charge on any atom is 0.214 e. The molecule has 0 heterocycles. The lowest BCUT2D eigenvalue weighted by atomic mass is 10.2. The molecule has 0 fully saturated rings. The van der Waals surface area contributed by atoms with Gasteiger partial charge in [0, 0.05) is 11.9 Å². The predicted molar refractivity (Wildman–Crippen MR) is 55.7 cm³/mol. The van der Waals surface area contributed by atoms with Crippen LogP contribution in [0.15, 0.2) is 24.3 Å². The van der Waals surface area contributed by atoms with Gasteiger partial charge < -0.3 is 5.73 Å². The van der Waals surface area contributed by atoms with Gasteiger partial charge in [0.1, 0.15) is 0 Å². The van der Waals surface area contributed by atoms with Crippen LogP contribution in [0, 0.1) is 0 Å². The first-order chi connectivity index (χ1) is 6.06. The SMILES string of the molecule is CC(N)=O.CCc1ccc(Cl)cc1. The summed E-state index contributed by atoms with van der Waals surface area (Å²) >= 11 is 5.67. The van der Waals surface area contributed by atoms with Crippen LogP contribution in [0.1, 0.15) is 19.4 Å². The zero-order chi connectivity index (χ0) is 10.3. The third-order valence-corrected chi connectivity index (χ3v) is 1.57. The largest absolute Gasteiger partial charge is 0.370 e. The van der Waals surface area contributed by atoms with Crippen molar-refractivity contribution in [2.24, 2.45) is 5.73 Å². The van der Waals surface area contributed by atoms with Gasteiger partial charge in [0.25, 0.3) is 0 Å². The Kier molecular flexibility index (Phi) is 5.98. The summed E-state index contributed by atoms with van der Waals surface area (Å²) in [7, 11) is 0. The fourth-order valence-electron chi connectivity index (χ4n) is 0.720. The van der Waals surface area contributed by atoms with Crippen LogP contribution in [0.25, 0.3) is 0 Å². The van der Waals surface area contributed by atoms with Gasteiger partial charge in [-0.3, -0.25) is 4.79 Å². The van der Waals surface area contributed by atoms with E-state index >= 15 is 0 Å². The van der Waals surface area contributed by atoms with E-state index in [1.807, 2.05) is 24.3 Å². The normalized spacial score (nSPS) is 8.54. The van der Waals surface area contributed by atoms with Crippen LogP contribution >= 0.6 is 11.6 Å². The molecule has 0 aliphatic heterocycles.